The van der Waals surface area contributed by atoms with Crippen molar-refractivity contribution in [2.24, 2.45) is 0 Å². The minimum absolute atomic E-state index is 0.178. The molecule has 0 bridgehead atoms. The zero-order valence-electron chi connectivity index (χ0n) is 10.3. The number of benzene rings is 1. The van der Waals surface area contributed by atoms with Gasteiger partial charge < -0.3 is 11.1 Å². The molecule has 1 heterocycles. The van der Waals surface area contributed by atoms with Crippen LogP contribution in [-0.4, -0.2) is 16.7 Å². The Labute approximate surface area is 105 Å². The SMILES string of the molecule is Cc1[nH]ncc1CCCNc1cccc(F)c1N. The lowest BCUT2D eigenvalue weighted by atomic mass is 10.1. The molecule has 2 aromatic rings. The first-order chi connectivity index (χ1) is 8.68. The second-order valence-corrected chi connectivity index (χ2v) is 4.25. The van der Waals surface area contributed by atoms with Crippen LogP contribution in [0.15, 0.2) is 24.4 Å². The standard InChI is InChI=1S/C13H17FN4/c1-9-10(8-17-18-9)4-3-7-16-12-6-2-5-11(14)13(12)15/h2,5-6,8,16H,3-4,7,15H2,1H3,(H,17,18). The van der Waals surface area contributed by atoms with Crippen LogP contribution in [0.2, 0.25) is 0 Å². The summed E-state index contributed by atoms with van der Waals surface area (Å²) in [4.78, 5) is 0. The summed E-state index contributed by atoms with van der Waals surface area (Å²) in [6.45, 7) is 2.75. The zero-order chi connectivity index (χ0) is 13.0. The molecule has 0 atom stereocenters. The van der Waals surface area contributed by atoms with Gasteiger partial charge in [-0.3, -0.25) is 5.10 Å². The number of H-pyrrole nitrogens is 1. The average molecular weight is 248 g/mol. The Hall–Kier alpha value is -2.04. The molecule has 0 aliphatic carbocycles. The second-order valence-electron chi connectivity index (χ2n) is 4.25. The van der Waals surface area contributed by atoms with Crippen molar-refractivity contribution in [3.8, 4) is 0 Å². The third-order valence-corrected chi connectivity index (χ3v) is 2.93. The monoisotopic (exact) mass is 248 g/mol. The molecule has 4 nitrogen and oxygen atoms in total. The first-order valence-electron chi connectivity index (χ1n) is 5.95. The molecule has 0 fully saturated rings. The van der Waals surface area contributed by atoms with Crippen molar-refractivity contribution in [1.29, 1.82) is 0 Å². The Morgan fingerprint density at radius 1 is 1.44 bits per heavy atom. The number of nitrogens with one attached hydrogen (secondary N) is 2. The van der Waals surface area contributed by atoms with Gasteiger partial charge in [-0.1, -0.05) is 6.07 Å². The lowest BCUT2D eigenvalue weighted by Gasteiger charge is -2.09. The van der Waals surface area contributed by atoms with Crippen molar-refractivity contribution < 1.29 is 4.39 Å². The van der Waals surface area contributed by atoms with Crippen LogP contribution in [0, 0.1) is 12.7 Å². The number of hydrogen-bond acceptors (Lipinski definition) is 3. The van der Waals surface area contributed by atoms with Crippen LogP contribution >= 0.6 is 0 Å². The van der Waals surface area contributed by atoms with E-state index in [1.54, 1.807) is 12.1 Å². The van der Waals surface area contributed by atoms with E-state index in [2.05, 4.69) is 15.5 Å². The number of nitrogens with two attached hydrogens (primary N) is 1. The van der Waals surface area contributed by atoms with Gasteiger partial charge in [0.25, 0.3) is 0 Å². The van der Waals surface area contributed by atoms with Gasteiger partial charge in [0.1, 0.15) is 5.82 Å². The highest BCUT2D eigenvalue weighted by molar-refractivity contribution is 5.66. The van der Waals surface area contributed by atoms with Crippen molar-refractivity contribution in [1.82, 2.24) is 10.2 Å². The summed E-state index contributed by atoms with van der Waals surface area (Å²) in [6.07, 6.45) is 3.72. The number of nitrogen functional groups attached to an aromatic ring is 1. The number of rotatable bonds is 5. The van der Waals surface area contributed by atoms with Crippen LogP contribution in [0.4, 0.5) is 15.8 Å². The van der Waals surface area contributed by atoms with Crippen molar-refractivity contribution in [2.75, 3.05) is 17.6 Å². The summed E-state index contributed by atoms with van der Waals surface area (Å²) in [7, 11) is 0. The summed E-state index contributed by atoms with van der Waals surface area (Å²) in [5, 5.41) is 10.0. The first-order valence-corrected chi connectivity index (χ1v) is 5.95. The third kappa shape index (κ3) is 2.80. The lowest BCUT2D eigenvalue weighted by molar-refractivity contribution is 0.633. The van der Waals surface area contributed by atoms with Crippen LogP contribution in [0.25, 0.3) is 0 Å². The van der Waals surface area contributed by atoms with Gasteiger partial charge in [0.05, 0.1) is 17.6 Å². The van der Waals surface area contributed by atoms with E-state index in [0.717, 1.165) is 25.1 Å². The quantitative estimate of drug-likeness (QED) is 0.562. The van der Waals surface area contributed by atoms with Crippen LogP contribution in [0.3, 0.4) is 0 Å². The van der Waals surface area contributed by atoms with Gasteiger partial charge in [0.15, 0.2) is 0 Å². The Balaban J connectivity index is 1.82. The molecule has 0 saturated heterocycles. The van der Waals surface area contributed by atoms with E-state index in [1.165, 1.54) is 11.6 Å². The fourth-order valence-corrected chi connectivity index (χ4v) is 1.82. The van der Waals surface area contributed by atoms with Crippen molar-refractivity contribution in [3.63, 3.8) is 0 Å². The number of halogens is 1. The van der Waals surface area contributed by atoms with Crippen LogP contribution in [-0.2, 0) is 6.42 Å². The van der Waals surface area contributed by atoms with E-state index in [0.29, 0.717) is 5.69 Å². The van der Waals surface area contributed by atoms with Gasteiger partial charge in [0.2, 0.25) is 0 Å². The average Bonchev–Trinajstić information content (AvgIpc) is 2.76. The Morgan fingerprint density at radius 3 is 3.00 bits per heavy atom. The predicted molar refractivity (Wildman–Crippen MR) is 70.9 cm³/mol. The topological polar surface area (TPSA) is 66.7 Å². The van der Waals surface area contributed by atoms with Crippen LogP contribution in [0.5, 0.6) is 0 Å². The molecule has 0 unspecified atom stereocenters. The molecule has 0 radical (unpaired) electrons. The number of aromatic nitrogens is 2. The number of hydrogen-bond donors (Lipinski definition) is 3. The van der Waals surface area contributed by atoms with E-state index in [9.17, 15) is 4.39 Å². The van der Waals surface area contributed by atoms with Crippen LogP contribution in [0.1, 0.15) is 17.7 Å². The summed E-state index contributed by atoms with van der Waals surface area (Å²) in [5.41, 5.74) is 8.77. The molecule has 0 amide bonds. The Morgan fingerprint density at radius 2 is 2.28 bits per heavy atom. The van der Waals surface area contributed by atoms with Gasteiger partial charge in [0, 0.05) is 12.2 Å². The van der Waals surface area contributed by atoms with Crippen molar-refractivity contribution in [2.45, 2.75) is 19.8 Å². The van der Waals surface area contributed by atoms with Gasteiger partial charge >= 0.3 is 0 Å². The molecule has 0 aliphatic heterocycles. The van der Waals surface area contributed by atoms with Crippen molar-refractivity contribution in [3.05, 3.63) is 41.5 Å². The number of aromatic amines is 1. The Bertz CT molecular complexity index is 521. The normalized spacial score (nSPS) is 10.6. The molecule has 96 valence electrons. The van der Waals surface area contributed by atoms with Gasteiger partial charge in [-0.15, -0.1) is 0 Å². The predicted octanol–water partition coefficient (Wildman–Crippen LogP) is 2.48. The zero-order valence-corrected chi connectivity index (χ0v) is 10.3. The third-order valence-electron chi connectivity index (χ3n) is 2.93. The molecule has 5 heteroatoms. The summed E-state index contributed by atoms with van der Waals surface area (Å²) in [5.74, 6) is -0.384. The number of aryl methyl sites for hydroxylation is 2. The minimum atomic E-state index is -0.384. The van der Waals surface area contributed by atoms with Crippen molar-refractivity contribution >= 4 is 11.4 Å². The van der Waals surface area contributed by atoms with E-state index in [4.69, 9.17) is 5.73 Å². The summed E-state index contributed by atoms with van der Waals surface area (Å²) >= 11 is 0. The number of anilines is 2. The molecule has 0 aliphatic rings. The van der Waals surface area contributed by atoms with E-state index in [1.807, 2.05) is 13.1 Å². The largest absolute Gasteiger partial charge is 0.395 e. The fourth-order valence-electron chi connectivity index (χ4n) is 1.82. The first kappa shape index (κ1) is 12.4. The summed E-state index contributed by atoms with van der Waals surface area (Å²) in [6, 6.07) is 4.78. The molecular formula is C13H17FN4. The smallest absolute Gasteiger partial charge is 0.148 e. The van der Waals surface area contributed by atoms with E-state index >= 15 is 0 Å². The molecule has 0 saturated carbocycles. The van der Waals surface area contributed by atoms with Gasteiger partial charge in [-0.05, 0) is 37.5 Å². The lowest BCUT2D eigenvalue weighted by Crippen LogP contribution is -2.06. The number of nitrogens with zero attached hydrogens (tertiary/aromatic N) is 1. The summed E-state index contributed by atoms with van der Waals surface area (Å²) < 4.78 is 13.2. The molecular weight excluding hydrogens is 231 g/mol. The minimum Gasteiger partial charge on any atom is -0.395 e. The molecule has 4 N–H and O–H groups in total. The highest BCUT2D eigenvalue weighted by Crippen LogP contribution is 2.21. The van der Waals surface area contributed by atoms with Crippen LogP contribution < -0.4 is 11.1 Å². The fraction of sp³-hybridized carbons (Fsp3) is 0.308. The van der Waals surface area contributed by atoms with Gasteiger partial charge in [-0.25, -0.2) is 4.39 Å². The maximum Gasteiger partial charge on any atom is 0.148 e. The second kappa shape index (κ2) is 5.53. The van der Waals surface area contributed by atoms with Gasteiger partial charge in [-0.2, -0.15) is 5.10 Å². The molecule has 2 rings (SSSR count). The maximum atomic E-state index is 13.2. The molecule has 18 heavy (non-hydrogen) atoms. The molecule has 0 spiro atoms. The number of para-hydroxylation sites is 1. The molecule has 1 aromatic heterocycles. The Kier molecular flexibility index (Phi) is 3.82. The molecule has 1 aromatic carbocycles. The maximum absolute atomic E-state index is 13.2. The van der Waals surface area contributed by atoms with E-state index < -0.39 is 0 Å². The van der Waals surface area contributed by atoms with E-state index in [-0.39, 0.29) is 11.5 Å². The highest BCUT2D eigenvalue weighted by Gasteiger charge is 2.04. The highest BCUT2D eigenvalue weighted by atomic mass is 19.1.